The van der Waals surface area contributed by atoms with Gasteiger partial charge in [0.2, 0.25) is 0 Å². The Labute approximate surface area is 107 Å². The summed E-state index contributed by atoms with van der Waals surface area (Å²) in [5, 5.41) is 9.08. The average Bonchev–Trinajstić information content (AvgIpc) is 2.54. The summed E-state index contributed by atoms with van der Waals surface area (Å²) in [7, 11) is 0. The molecule has 1 N–H and O–H groups in total. The fourth-order valence-electron chi connectivity index (χ4n) is 2.20. The number of rotatable bonds is 6. The molecule has 0 bridgehead atoms. The first kappa shape index (κ1) is 14.2. The Morgan fingerprint density at radius 1 is 1.53 bits per heavy atom. The van der Waals surface area contributed by atoms with Gasteiger partial charge in [-0.1, -0.05) is 6.92 Å². The van der Waals surface area contributed by atoms with Gasteiger partial charge in [0, 0.05) is 17.4 Å². The van der Waals surface area contributed by atoms with E-state index in [4.69, 9.17) is 5.11 Å². The zero-order chi connectivity index (χ0) is 13.0. The summed E-state index contributed by atoms with van der Waals surface area (Å²) in [5.74, 6) is 1.42. The minimum Gasteiger partial charge on any atom is -0.478 e. The van der Waals surface area contributed by atoms with E-state index in [1.54, 1.807) is 6.07 Å². The van der Waals surface area contributed by atoms with Crippen LogP contribution in [0.25, 0.3) is 0 Å². The summed E-state index contributed by atoms with van der Waals surface area (Å²) in [5.41, 5.74) is 2.33. The van der Waals surface area contributed by atoms with Crippen LogP contribution in [0.4, 0.5) is 0 Å². The number of aryl methyl sites for hydroxylation is 1. The van der Waals surface area contributed by atoms with Crippen LogP contribution < -0.4 is 0 Å². The molecule has 3 nitrogen and oxygen atoms in total. The number of thioether (sulfide) groups is 1. The Bertz CT molecular complexity index is 398. The highest BCUT2D eigenvalue weighted by molar-refractivity contribution is 7.99. The van der Waals surface area contributed by atoms with E-state index >= 15 is 0 Å². The highest BCUT2D eigenvalue weighted by Gasteiger charge is 2.17. The number of aromatic nitrogens is 1. The molecule has 4 heteroatoms. The predicted octanol–water partition coefficient (Wildman–Crippen LogP) is 3.51. The van der Waals surface area contributed by atoms with E-state index in [-0.39, 0.29) is 0 Å². The quantitative estimate of drug-likeness (QED) is 0.791. The number of carboxylic acids is 1. The molecule has 0 radical (unpaired) electrons. The summed E-state index contributed by atoms with van der Waals surface area (Å²) in [6.07, 6.45) is 1.08. The van der Waals surface area contributed by atoms with Crippen molar-refractivity contribution in [1.29, 1.82) is 0 Å². The molecule has 17 heavy (non-hydrogen) atoms. The van der Waals surface area contributed by atoms with E-state index in [2.05, 4.69) is 18.4 Å². The average molecular weight is 255 g/mol. The molecule has 0 aromatic carbocycles. The largest absolute Gasteiger partial charge is 0.478 e. The lowest BCUT2D eigenvalue weighted by Gasteiger charge is -2.18. The third-order valence-corrected chi connectivity index (χ3v) is 3.97. The van der Waals surface area contributed by atoms with Crippen molar-refractivity contribution >= 4 is 17.7 Å². The van der Waals surface area contributed by atoms with E-state index < -0.39 is 5.97 Å². The van der Waals surface area contributed by atoms with Crippen molar-refractivity contribution in [1.82, 2.24) is 4.57 Å². The Morgan fingerprint density at radius 2 is 2.18 bits per heavy atom. The van der Waals surface area contributed by atoms with Crippen molar-refractivity contribution in [2.75, 3.05) is 11.5 Å². The van der Waals surface area contributed by atoms with Gasteiger partial charge < -0.3 is 9.67 Å². The van der Waals surface area contributed by atoms with Crippen molar-refractivity contribution in [3.8, 4) is 0 Å². The van der Waals surface area contributed by atoms with E-state index in [1.165, 1.54) is 0 Å². The van der Waals surface area contributed by atoms with Crippen LogP contribution in [0.5, 0.6) is 0 Å². The van der Waals surface area contributed by atoms with Crippen LogP contribution >= 0.6 is 11.8 Å². The van der Waals surface area contributed by atoms with Crippen LogP contribution in [0.1, 0.15) is 48.1 Å². The van der Waals surface area contributed by atoms with Crippen LogP contribution in [-0.4, -0.2) is 27.1 Å². The van der Waals surface area contributed by atoms with Gasteiger partial charge in [0.15, 0.2) is 0 Å². The lowest BCUT2D eigenvalue weighted by molar-refractivity contribution is 0.0696. The SMILES string of the molecule is CCSCCC(C)n1c(C)cc(C(=O)O)c1C. The van der Waals surface area contributed by atoms with Crippen molar-refractivity contribution in [2.45, 2.75) is 40.2 Å². The van der Waals surface area contributed by atoms with Gasteiger partial charge >= 0.3 is 5.97 Å². The number of aromatic carboxylic acids is 1. The minimum atomic E-state index is -0.834. The van der Waals surface area contributed by atoms with Gasteiger partial charge in [-0.15, -0.1) is 0 Å². The van der Waals surface area contributed by atoms with Gasteiger partial charge in [0.1, 0.15) is 0 Å². The van der Waals surface area contributed by atoms with Crippen LogP contribution in [0.3, 0.4) is 0 Å². The second-order valence-corrected chi connectivity index (χ2v) is 5.69. The summed E-state index contributed by atoms with van der Waals surface area (Å²) in [4.78, 5) is 11.1. The summed E-state index contributed by atoms with van der Waals surface area (Å²) >= 11 is 1.93. The van der Waals surface area contributed by atoms with E-state index in [0.29, 0.717) is 11.6 Å². The van der Waals surface area contributed by atoms with Gasteiger partial charge in [0.25, 0.3) is 0 Å². The summed E-state index contributed by atoms with van der Waals surface area (Å²) < 4.78 is 2.14. The first-order valence-electron chi connectivity index (χ1n) is 5.98. The molecule has 1 unspecified atom stereocenters. The smallest absolute Gasteiger partial charge is 0.337 e. The molecule has 1 heterocycles. The highest BCUT2D eigenvalue weighted by atomic mass is 32.2. The number of nitrogens with zero attached hydrogens (tertiary/aromatic N) is 1. The van der Waals surface area contributed by atoms with Gasteiger partial charge in [-0.25, -0.2) is 4.79 Å². The molecule has 0 fully saturated rings. The molecule has 96 valence electrons. The van der Waals surface area contributed by atoms with E-state index in [9.17, 15) is 4.79 Å². The van der Waals surface area contributed by atoms with Crippen molar-refractivity contribution < 1.29 is 9.90 Å². The molecule has 0 aliphatic rings. The van der Waals surface area contributed by atoms with Gasteiger partial charge in [-0.2, -0.15) is 11.8 Å². The van der Waals surface area contributed by atoms with Crippen molar-refractivity contribution in [2.24, 2.45) is 0 Å². The van der Waals surface area contributed by atoms with Crippen LogP contribution in [0.2, 0.25) is 0 Å². The van der Waals surface area contributed by atoms with Gasteiger partial charge in [-0.3, -0.25) is 0 Å². The van der Waals surface area contributed by atoms with Gasteiger partial charge in [-0.05, 0) is 44.8 Å². The Morgan fingerprint density at radius 3 is 2.65 bits per heavy atom. The van der Waals surface area contributed by atoms with Crippen molar-refractivity contribution in [3.63, 3.8) is 0 Å². The zero-order valence-corrected chi connectivity index (χ0v) is 11.8. The first-order valence-corrected chi connectivity index (χ1v) is 7.14. The molecule has 0 aliphatic heterocycles. The van der Waals surface area contributed by atoms with Crippen molar-refractivity contribution in [3.05, 3.63) is 23.0 Å². The standard InChI is InChI=1S/C13H21NO2S/c1-5-17-7-6-9(2)14-10(3)8-12(11(14)4)13(15)16/h8-9H,5-7H2,1-4H3,(H,15,16). The minimum absolute atomic E-state index is 0.363. The molecular weight excluding hydrogens is 234 g/mol. The van der Waals surface area contributed by atoms with Crippen LogP contribution in [-0.2, 0) is 0 Å². The van der Waals surface area contributed by atoms with Crippen LogP contribution in [0.15, 0.2) is 6.07 Å². The molecule has 0 spiro atoms. The molecular formula is C13H21NO2S. The van der Waals surface area contributed by atoms with E-state index in [1.807, 2.05) is 25.6 Å². The second kappa shape index (κ2) is 6.15. The fraction of sp³-hybridized carbons (Fsp3) is 0.615. The second-order valence-electron chi connectivity index (χ2n) is 4.29. The third-order valence-electron chi connectivity index (χ3n) is 3.04. The van der Waals surface area contributed by atoms with Crippen LogP contribution in [0, 0.1) is 13.8 Å². The maximum atomic E-state index is 11.1. The molecule has 1 aromatic rings. The third kappa shape index (κ3) is 3.28. The summed E-state index contributed by atoms with van der Waals surface area (Å²) in [6, 6.07) is 2.13. The normalized spacial score (nSPS) is 12.7. The topological polar surface area (TPSA) is 42.2 Å². The highest BCUT2D eigenvalue weighted by Crippen LogP contribution is 2.23. The first-order chi connectivity index (χ1) is 7.99. The maximum Gasteiger partial charge on any atom is 0.337 e. The van der Waals surface area contributed by atoms with Gasteiger partial charge in [0.05, 0.1) is 5.56 Å². The fourth-order valence-corrected chi connectivity index (χ4v) is 3.00. The number of hydrogen-bond acceptors (Lipinski definition) is 2. The molecule has 0 aliphatic carbocycles. The zero-order valence-electron chi connectivity index (χ0n) is 11.0. The number of carboxylic acid groups (broad SMARTS) is 1. The number of carbonyl (C=O) groups is 1. The molecule has 1 rings (SSSR count). The number of hydrogen-bond donors (Lipinski definition) is 1. The maximum absolute atomic E-state index is 11.1. The lowest BCUT2D eigenvalue weighted by atomic mass is 10.2. The Balaban J connectivity index is 2.86. The molecule has 0 saturated heterocycles. The molecule has 1 atom stereocenters. The Kier molecular flexibility index (Phi) is 5.12. The molecule has 0 amide bonds. The predicted molar refractivity (Wildman–Crippen MR) is 73.2 cm³/mol. The molecule has 0 saturated carbocycles. The lowest BCUT2D eigenvalue weighted by Crippen LogP contribution is -2.10. The summed E-state index contributed by atoms with van der Waals surface area (Å²) in [6.45, 7) is 8.18. The van der Waals surface area contributed by atoms with E-state index in [0.717, 1.165) is 29.3 Å². The Hall–Kier alpha value is -0.900. The monoisotopic (exact) mass is 255 g/mol. The molecule has 1 aromatic heterocycles.